The Morgan fingerprint density at radius 1 is 1.30 bits per heavy atom. The monoisotopic (exact) mass is 378 g/mol. The van der Waals surface area contributed by atoms with E-state index >= 15 is 0 Å². The summed E-state index contributed by atoms with van der Waals surface area (Å²) in [7, 11) is 0. The molecule has 0 fully saturated rings. The summed E-state index contributed by atoms with van der Waals surface area (Å²) < 4.78 is 2.62. The molecule has 0 aliphatic heterocycles. The second-order valence-corrected chi connectivity index (χ2v) is 6.26. The smallest absolute Gasteiger partial charge is 0.248 e. The molecule has 0 saturated carbocycles. The summed E-state index contributed by atoms with van der Waals surface area (Å²) in [5, 5.41) is 7.18. The first-order valence-corrected chi connectivity index (χ1v) is 8.62. The lowest BCUT2D eigenvalue weighted by atomic mass is 10.2. The van der Waals surface area contributed by atoms with Crippen molar-refractivity contribution in [3.05, 3.63) is 40.6 Å². The van der Waals surface area contributed by atoms with E-state index in [9.17, 15) is 4.79 Å². The van der Waals surface area contributed by atoms with Gasteiger partial charge in [-0.25, -0.2) is 0 Å². The van der Waals surface area contributed by atoms with Crippen LogP contribution in [0.5, 0.6) is 0 Å². The molecule has 1 N–H and O–H groups in total. The van der Waals surface area contributed by atoms with Crippen molar-refractivity contribution in [2.24, 2.45) is 0 Å². The van der Waals surface area contributed by atoms with E-state index in [-0.39, 0.29) is 11.9 Å². The molecule has 2 aromatic rings. The van der Waals surface area contributed by atoms with Gasteiger partial charge in [0, 0.05) is 24.5 Å². The van der Waals surface area contributed by atoms with Gasteiger partial charge in [-0.1, -0.05) is 0 Å². The van der Waals surface area contributed by atoms with Gasteiger partial charge in [-0.2, -0.15) is 5.10 Å². The number of halogens is 1. The van der Waals surface area contributed by atoms with E-state index in [2.05, 4.69) is 45.1 Å². The van der Waals surface area contributed by atoms with Crippen LogP contribution >= 0.6 is 15.9 Å². The molecular weight excluding hydrogens is 356 g/mol. The van der Waals surface area contributed by atoms with Crippen molar-refractivity contribution in [1.82, 2.24) is 9.78 Å². The molecule has 0 saturated heterocycles. The number of hydrogen-bond donors (Lipinski definition) is 1. The molecule has 23 heavy (non-hydrogen) atoms. The molecule has 1 heterocycles. The van der Waals surface area contributed by atoms with Crippen LogP contribution < -0.4 is 10.2 Å². The van der Waals surface area contributed by atoms with E-state index in [1.54, 1.807) is 10.9 Å². The number of benzene rings is 1. The number of nitrogens with one attached hydrogen (secondary N) is 1. The first-order chi connectivity index (χ1) is 11.0. The minimum absolute atomic E-state index is 0.0840. The van der Waals surface area contributed by atoms with Crippen LogP contribution in [0.3, 0.4) is 0 Å². The number of rotatable bonds is 6. The first-order valence-electron chi connectivity index (χ1n) is 7.83. The van der Waals surface area contributed by atoms with Gasteiger partial charge in [-0.15, -0.1) is 0 Å². The van der Waals surface area contributed by atoms with E-state index in [4.69, 9.17) is 0 Å². The fourth-order valence-electron chi connectivity index (χ4n) is 2.49. The van der Waals surface area contributed by atoms with E-state index in [0.717, 1.165) is 34.6 Å². The predicted octanol–water partition coefficient (Wildman–Crippen LogP) is 4.00. The average Bonchev–Trinajstić information content (AvgIpc) is 2.89. The number of aromatic nitrogens is 2. The number of hydrogen-bond acceptors (Lipinski definition) is 3. The van der Waals surface area contributed by atoms with Crippen LogP contribution in [0.1, 0.15) is 32.5 Å². The van der Waals surface area contributed by atoms with Gasteiger partial charge in [0.2, 0.25) is 5.91 Å². The number of carbonyl (C=O) groups is 1. The summed E-state index contributed by atoms with van der Waals surface area (Å²) >= 11 is 3.42. The molecule has 1 atom stereocenters. The summed E-state index contributed by atoms with van der Waals surface area (Å²) in [6.45, 7) is 9.96. The fourth-order valence-corrected chi connectivity index (χ4v) is 2.77. The highest BCUT2D eigenvalue weighted by Crippen LogP contribution is 2.21. The van der Waals surface area contributed by atoms with Gasteiger partial charge in [0.1, 0.15) is 6.04 Å². The molecule has 0 radical (unpaired) electrons. The Hall–Kier alpha value is -1.82. The van der Waals surface area contributed by atoms with Gasteiger partial charge in [0.05, 0.1) is 16.4 Å². The van der Waals surface area contributed by atoms with Crippen LogP contribution in [-0.2, 0) is 4.79 Å². The zero-order valence-electron chi connectivity index (χ0n) is 14.0. The molecule has 0 bridgehead atoms. The highest BCUT2D eigenvalue weighted by Gasteiger charge is 2.18. The maximum Gasteiger partial charge on any atom is 0.248 e. The third kappa shape index (κ3) is 3.93. The van der Waals surface area contributed by atoms with Crippen LogP contribution in [-0.4, -0.2) is 28.8 Å². The maximum atomic E-state index is 12.4. The highest BCUT2D eigenvalue weighted by atomic mass is 79.9. The van der Waals surface area contributed by atoms with E-state index in [0.29, 0.717) is 0 Å². The number of carbonyl (C=O) groups excluding carboxylic acids is 1. The quantitative estimate of drug-likeness (QED) is 0.826. The summed E-state index contributed by atoms with van der Waals surface area (Å²) in [4.78, 5) is 14.7. The molecule has 0 aliphatic carbocycles. The molecule has 0 spiro atoms. The Morgan fingerprint density at radius 2 is 1.91 bits per heavy atom. The van der Waals surface area contributed by atoms with E-state index in [1.165, 1.54) is 0 Å². The zero-order chi connectivity index (χ0) is 17.0. The zero-order valence-corrected chi connectivity index (χ0v) is 15.6. The lowest BCUT2D eigenvalue weighted by molar-refractivity contribution is -0.119. The number of amides is 1. The molecule has 1 aromatic carbocycles. The van der Waals surface area contributed by atoms with Gasteiger partial charge in [0.25, 0.3) is 0 Å². The molecule has 5 nitrogen and oxygen atoms in total. The molecule has 0 aliphatic rings. The Balaban J connectivity index is 2.06. The van der Waals surface area contributed by atoms with Crippen molar-refractivity contribution in [2.75, 3.05) is 23.3 Å². The van der Waals surface area contributed by atoms with Gasteiger partial charge >= 0.3 is 0 Å². The van der Waals surface area contributed by atoms with E-state index < -0.39 is 0 Å². The fraction of sp³-hybridized carbons (Fsp3) is 0.412. The average molecular weight is 379 g/mol. The maximum absolute atomic E-state index is 12.4. The highest BCUT2D eigenvalue weighted by molar-refractivity contribution is 9.10. The standard InChI is InChI=1S/C17H23BrN4O/c1-5-21(6-2)15-9-7-14(8-10-15)20-17(23)13(4)22-12(3)16(18)11-19-22/h7-11,13H,5-6H2,1-4H3,(H,20,23). The molecule has 6 heteroatoms. The van der Waals surface area contributed by atoms with Crippen LogP contribution in [0, 0.1) is 6.92 Å². The van der Waals surface area contributed by atoms with Crippen molar-refractivity contribution in [1.29, 1.82) is 0 Å². The largest absolute Gasteiger partial charge is 0.372 e. The molecule has 1 amide bonds. The Labute approximate surface area is 145 Å². The van der Waals surface area contributed by atoms with Gasteiger partial charge in [-0.3, -0.25) is 9.48 Å². The van der Waals surface area contributed by atoms with Gasteiger partial charge in [-0.05, 0) is 67.9 Å². The van der Waals surface area contributed by atoms with E-state index in [1.807, 2.05) is 38.1 Å². The van der Waals surface area contributed by atoms with Crippen molar-refractivity contribution in [2.45, 2.75) is 33.7 Å². The second-order valence-electron chi connectivity index (χ2n) is 5.41. The summed E-state index contributed by atoms with van der Waals surface area (Å²) in [6.07, 6.45) is 1.71. The summed E-state index contributed by atoms with van der Waals surface area (Å²) in [5.41, 5.74) is 2.89. The molecule has 124 valence electrons. The van der Waals surface area contributed by atoms with Gasteiger partial charge < -0.3 is 10.2 Å². The van der Waals surface area contributed by atoms with Crippen LogP contribution in [0.4, 0.5) is 11.4 Å². The molecule has 2 rings (SSSR count). The van der Waals surface area contributed by atoms with Crippen molar-refractivity contribution in [3.8, 4) is 0 Å². The van der Waals surface area contributed by atoms with Gasteiger partial charge in [0.15, 0.2) is 0 Å². The third-order valence-corrected chi connectivity index (χ3v) is 4.77. The van der Waals surface area contributed by atoms with Crippen LogP contribution in [0.2, 0.25) is 0 Å². The van der Waals surface area contributed by atoms with Crippen LogP contribution in [0.15, 0.2) is 34.9 Å². The van der Waals surface area contributed by atoms with Crippen molar-refractivity contribution >= 4 is 33.2 Å². The molecular formula is C17H23BrN4O. The van der Waals surface area contributed by atoms with Crippen molar-refractivity contribution < 1.29 is 4.79 Å². The minimum atomic E-state index is -0.372. The Kier molecular flexibility index (Phi) is 5.82. The number of anilines is 2. The topological polar surface area (TPSA) is 50.2 Å². The Morgan fingerprint density at radius 3 is 2.39 bits per heavy atom. The normalized spacial score (nSPS) is 12.0. The predicted molar refractivity (Wildman–Crippen MR) is 98.0 cm³/mol. The molecule has 1 unspecified atom stereocenters. The summed E-state index contributed by atoms with van der Waals surface area (Å²) in [5.74, 6) is -0.0840. The lowest BCUT2D eigenvalue weighted by Crippen LogP contribution is -2.25. The first kappa shape index (κ1) is 17.5. The SMILES string of the molecule is CCN(CC)c1ccc(NC(=O)C(C)n2ncc(Br)c2C)cc1. The third-order valence-electron chi connectivity index (χ3n) is 3.99. The lowest BCUT2D eigenvalue weighted by Gasteiger charge is -2.21. The molecule has 1 aromatic heterocycles. The Bertz CT molecular complexity index is 662. The summed E-state index contributed by atoms with van der Waals surface area (Å²) in [6, 6.07) is 7.56. The van der Waals surface area contributed by atoms with Crippen molar-refractivity contribution in [3.63, 3.8) is 0 Å². The minimum Gasteiger partial charge on any atom is -0.372 e. The second kappa shape index (κ2) is 7.64. The number of nitrogens with zero attached hydrogens (tertiary/aromatic N) is 3. The van der Waals surface area contributed by atoms with Crippen LogP contribution in [0.25, 0.3) is 0 Å².